The molecule has 0 unspecified atom stereocenters. The Morgan fingerprint density at radius 3 is 2.68 bits per heavy atom. The number of fused-ring (bicyclic) bond motifs is 1. The van der Waals surface area contributed by atoms with Crippen molar-refractivity contribution in [2.24, 2.45) is 5.92 Å². The van der Waals surface area contributed by atoms with Gasteiger partial charge in [0, 0.05) is 19.6 Å². The van der Waals surface area contributed by atoms with Gasteiger partial charge >= 0.3 is 0 Å². The molecule has 2 aromatic heterocycles. The Morgan fingerprint density at radius 2 is 1.88 bits per heavy atom. The van der Waals surface area contributed by atoms with Crippen LogP contribution >= 0.6 is 11.3 Å². The third-order valence-electron chi connectivity index (χ3n) is 6.39. The zero-order valence-electron chi connectivity index (χ0n) is 19.2. The molecule has 174 valence electrons. The van der Waals surface area contributed by atoms with Crippen LogP contribution in [-0.2, 0) is 17.9 Å². The Morgan fingerprint density at radius 1 is 1.09 bits per heavy atom. The molecule has 1 aliphatic rings. The first-order valence-corrected chi connectivity index (χ1v) is 12.6. The molecule has 2 aromatic carbocycles. The number of nitrogens with zero attached hydrogens (tertiary/aromatic N) is 3. The van der Waals surface area contributed by atoms with Gasteiger partial charge in [0.25, 0.3) is 5.56 Å². The molecule has 1 amide bonds. The Labute approximate surface area is 202 Å². The van der Waals surface area contributed by atoms with Crippen molar-refractivity contribution in [1.29, 1.82) is 0 Å². The number of carbonyl (C=O) groups is 1. The number of amides is 1. The predicted molar refractivity (Wildman–Crippen MR) is 137 cm³/mol. The van der Waals surface area contributed by atoms with E-state index in [2.05, 4.69) is 41.4 Å². The SMILES string of the molecule is Cc1ccc(Cn2c(N3CCC[C@@H](C(=O)NCc4ccccc4)C3)nc3ccsc3c2=O)cc1. The number of carbonyl (C=O) groups excluding carboxylic acids is 1. The van der Waals surface area contributed by atoms with Crippen molar-refractivity contribution < 1.29 is 4.79 Å². The number of nitrogens with one attached hydrogen (secondary N) is 1. The number of aromatic nitrogens is 2. The van der Waals surface area contributed by atoms with E-state index < -0.39 is 0 Å². The summed E-state index contributed by atoms with van der Waals surface area (Å²) in [4.78, 5) is 33.4. The topological polar surface area (TPSA) is 67.2 Å². The highest BCUT2D eigenvalue weighted by Gasteiger charge is 2.28. The molecule has 4 aromatic rings. The summed E-state index contributed by atoms with van der Waals surface area (Å²) in [6.45, 7) is 4.36. The molecule has 0 aliphatic carbocycles. The molecule has 7 heteroatoms. The van der Waals surface area contributed by atoms with Crippen molar-refractivity contribution in [2.75, 3.05) is 18.0 Å². The first kappa shape index (κ1) is 22.3. The second kappa shape index (κ2) is 9.81. The van der Waals surface area contributed by atoms with Crippen molar-refractivity contribution in [1.82, 2.24) is 14.9 Å². The highest BCUT2D eigenvalue weighted by molar-refractivity contribution is 7.17. The Kier molecular flexibility index (Phi) is 6.45. The Hall–Kier alpha value is -3.45. The van der Waals surface area contributed by atoms with Crippen LogP contribution in [0.15, 0.2) is 70.8 Å². The summed E-state index contributed by atoms with van der Waals surface area (Å²) in [5, 5.41) is 5.00. The smallest absolute Gasteiger partial charge is 0.273 e. The number of thiophene rings is 1. The zero-order valence-corrected chi connectivity index (χ0v) is 20.1. The lowest BCUT2D eigenvalue weighted by Crippen LogP contribution is -2.45. The minimum absolute atomic E-state index is 0.0220. The molecule has 0 radical (unpaired) electrons. The number of aryl methyl sites for hydroxylation is 1. The average Bonchev–Trinajstić information content (AvgIpc) is 3.35. The maximum absolute atomic E-state index is 13.4. The van der Waals surface area contributed by atoms with Crippen LogP contribution in [-0.4, -0.2) is 28.5 Å². The minimum atomic E-state index is -0.139. The molecule has 0 bridgehead atoms. The molecule has 1 N–H and O–H groups in total. The fraction of sp³-hybridized carbons (Fsp3) is 0.296. The van der Waals surface area contributed by atoms with Gasteiger partial charge in [-0.1, -0.05) is 60.2 Å². The van der Waals surface area contributed by atoms with E-state index in [-0.39, 0.29) is 17.4 Å². The number of hydrogen-bond donors (Lipinski definition) is 1. The lowest BCUT2D eigenvalue weighted by Gasteiger charge is -2.34. The van der Waals surface area contributed by atoms with E-state index in [9.17, 15) is 9.59 Å². The van der Waals surface area contributed by atoms with Crippen molar-refractivity contribution in [3.63, 3.8) is 0 Å². The van der Waals surface area contributed by atoms with Crippen LogP contribution in [0.1, 0.15) is 29.5 Å². The fourth-order valence-electron chi connectivity index (χ4n) is 4.49. The first-order valence-electron chi connectivity index (χ1n) is 11.7. The van der Waals surface area contributed by atoms with Crippen LogP contribution in [0.4, 0.5) is 5.95 Å². The summed E-state index contributed by atoms with van der Waals surface area (Å²) in [5.74, 6) is 0.565. The van der Waals surface area contributed by atoms with Gasteiger partial charge in [-0.15, -0.1) is 11.3 Å². The molecule has 34 heavy (non-hydrogen) atoms. The first-order chi connectivity index (χ1) is 16.6. The number of benzene rings is 2. The van der Waals surface area contributed by atoms with E-state index in [1.54, 1.807) is 4.57 Å². The van der Waals surface area contributed by atoms with Gasteiger partial charge in [0.15, 0.2) is 0 Å². The monoisotopic (exact) mass is 472 g/mol. The molecule has 0 spiro atoms. The van der Waals surface area contributed by atoms with E-state index in [4.69, 9.17) is 4.98 Å². The van der Waals surface area contributed by atoms with Gasteiger partial charge in [0.1, 0.15) is 4.70 Å². The zero-order chi connectivity index (χ0) is 23.5. The van der Waals surface area contributed by atoms with Crippen LogP contribution in [0.2, 0.25) is 0 Å². The van der Waals surface area contributed by atoms with Gasteiger partial charge in [-0.25, -0.2) is 4.98 Å². The van der Waals surface area contributed by atoms with Crippen LogP contribution in [0.25, 0.3) is 10.2 Å². The molecule has 1 aliphatic heterocycles. The summed E-state index contributed by atoms with van der Waals surface area (Å²) < 4.78 is 2.44. The highest BCUT2D eigenvalue weighted by atomic mass is 32.1. The van der Waals surface area contributed by atoms with Crippen molar-refractivity contribution >= 4 is 33.4 Å². The molecule has 5 rings (SSSR count). The standard InChI is InChI=1S/C27H28N4O2S/c1-19-9-11-21(12-10-19)17-31-26(33)24-23(13-15-34-24)29-27(31)30-14-5-8-22(18-30)25(32)28-16-20-6-3-2-4-7-20/h2-4,6-7,9-13,15,22H,5,8,14,16-18H2,1H3,(H,28,32)/t22-/m1/s1. The summed E-state index contributed by atoms with van der Waals surface area (Å²) >= 11 is 1.43. The second-order valence-corrected chi connectivity index (χ2v) is 9.83. The number of hydrogen-bond acceptors (Lipinski definition) is 5. The third kappa shape index (κ3) is 4.75. The molecule has 1 fully saturated rings. The molecule has 3 heterocycles. The van der Waals surface area contributed by atoms with E-state index >= 15 is 0 Å². The van der Waals surface area contributed by atoms with E-state index in [0.717, 1.165) is 36.0 Å². The van der Waals surface area contributed by atoms with E-state index in [1.165, 1.54) is 16.9 Å². The largest absolute Gasteiger partial charge is 0.352 e. The van der Waals surface area contributed by atoms with E-state index in [0.29, 0.717) is 30.3 Å². The van der Waals surface area contributed by atoms with Gasteiger partial charge in [-0.2, -0.15) is 0 Å². The lowest BCUT2D eigenvalue weighted by molar-refractivity contribution is -0.125. The highest BCUT2D eigenvalue weighted by Crippen LogP contribution is 2.25. The normalized spacial score (nSPS) is 16.0. The molecule has 0 saturated carbocycles. The van der Waals surface area contributed by atoms with Gasteiger partial charge in [-0.05, 0) is 42.3 Å². The molecular formula is C27H28N4O2S. The lowest BCUT2D eigenvalue weighted by atomic mass is 9.97. The number of anilines is 1. The van der Waals surface area contributed by atoms with Crippen LogP contribution in [0, 0.1) is 12.8 Å². The molecule has 6 nitrogen and oxygen atoms in total. The van der Waals surface area contributed by atoms with Gasteiger partial charge in [-0.3, -0.25) is 14.2 Å². The number of piperidine rings is 1. The predicted octanol–water partition coefficient (Wildman–Crippen LogP) is 4.35. The van der Waals surface area contributed by atoms with Crippen LogP contribution in [0.3, 0.4) is 0 Å². The van der Waals surface area contributed by atoms with Gasteiger partial charge in [0.05, 0.1) is 18.0 Å². The van der Waals surface area contributed by atoms with Crippen molar-refractivity contribution in [3.05, 3.63) is 93.1 Å². The molecular weight excluding hydrogens is 444 g/mol. The molecule has 1 saturated heterocycles. The fourth-order valence-corrected chi connectivity index (χ4v) is 5.27. The van der Waals surface area contributed by atoms with Crippen LogP contribution in [0.5, 0.6) is 0 Å². The second-order valence-electron chi connectivity index (χ2n) is 8.91. The summed E-state index contributed by atoms with van der Waals surface area (Å²) in [6, 6.07) is 20.1. The molecule has 1 atom stereocenters. The van der Waals surface area contributed by atoms with Gasteiger partial charge in [0.2, 0.25) is 11.9 Å². The average molecular weight is 473 g/mol. The third-order valence-corrected chi connectivity index (χ3v) is 7.28. The van der Waals surface area contributed by atoms with Crippen molar-refractivity contribution in [2.45, 2.75) is 32.9 Å². The Balaban J connectivity index is 1.40. The summed E-state index contributed by atoms with van der Waals surface area (Å²) in [5.41, 5.74) is 4.02. The number of rotatable bonds is 6. The minimum Gasteiger partial charge on any atom is -0.352 e. The van der Waals surface area contributed by atoms with Crippen LogP contribution < -0.4 is 15.8 Å². The maximum atomic E-state index is 13.4. The van der Waals surface area contributed by atoms with Crippen molar-refractivity contribution in [3.8, 4) is 0 Å². The quantitative estimate of drug-likeness (QED) is 0.453. The van der Waals surface area contributed by atoms with Gasteiger partial charge < -0.3 is 10.2 Å². The Bertz CT molecular complexity index is 1340. The maximum Gasteiger partial charge on any atom is 0.273 e. The summed E-state index contributed by atoms with van der Waals surface area (Å²) in [6.07, 6.45) is 1.71. The van der Waals surface area contributed by atoms with E-state index in [1.807, 2.05) is 41.8 Å². The summed E-state index contributed by atoms with van der Waals surface area (Å²) in [7, 11) is 0.